The number of rotatable bonds is 4. The molecule has 2 aromatic heterocycles. The Morgan fingerprint density at radius 2 is 2.16 bits per heavy atom. The highest BCUT2D eigenvalue weighted by molar-refractivity contribution is 7.12. The maximum Gasteiger partial charge on any atom is 0.253 e. The molecule has 0 saturated heterocycles. The van der Waals surface area contributed by atoms with E-state index in [-0.39, 0.29) is 11.9 Å². The van der Waals surface area contributed by atoms with Crippen molar-refractivity contribution in [1.29, 1.82) is 0 Å². The highest BCUT2D eigenvalue weighted by atomic mass is 32.1. The van der Waals surface area contributed by atoms with Crippen LogP contribution in [0.2, 0.25) is 0 Å². The number of pyridine rings is 1. The summed E-state index contributed by atoms with van der Waals surface area (Å²) >= 11 is 1.70. The van der Waals surface area contributed by atoms with Gasteiger partial charge < -0.3 is 10.6 Å². The van der Waals surface area contributed by atoms with Crippen molar-refractivity contribution in [2.75, 3.05) is 12.4 Å². The second-order valence-corrected chi connectivity index (χ2v) is 5.63. The van der Waals surface area contributed by atoms with Gasteiger partial charge in [-0.15, -0.1) is 11.3 Å². The van der Waals surface area contributed by atoms with Crippen molar-refractivity contribution in [1.82, 2.24) is 10.3 Å². The molecule has 0 aliphatic carbocycles. The van der Waals surface area contributed by atoms with Crippen LogP contribution in [-0.4, -0.2) is 17.9 Å². The topological polar surface area (TPSA) is 54.0 Å². The lowest BCUT2D eigenvalue weighted by Crippen LogP contribution is -2.26. The first-order valence-electron chi connectivity index (χ1n) is 6.10. The number of hydrogen-bond donors (Lipinski definition) is 2. The van der Waals surface area contributed by atoms with Gasteiger partial charge in [-0.1, -0.05) is 0 Å². The Morgan fingerprint density at radius 1 is 1.37 bits per heavy atom. The Labute approximate surface area is 116 Å². The summed E-state index contributed by atoms with van der Waals surface area (Å²) in [5.41, 5.74) is 1.34. The van der Waals surface area contributed by atoms with Gasteiger partial charge in [0.15, 0.2) is 0 Å². The Hall–Kier alpha value is -1.88. The van der Waals surface area contributed by atoms with Crippen molar-refractivity contribution in [3.63, 3.8) is 0 Å². The summed E-state index contributed by atoms with van der Waals surface area (Å²) < 4.78 is 0. The van der Waals surface area contributed by atoms with E-state index in [1.165, 1.54) is 4.88 Å². The van der Waals surface area contributed by atoms with Crippen LogP contribution in [0.15, 0.2) is 30.6 Å². The zero-order chi connectivity index (χ0) is 13.8. The minimum atomic E-state index is -0.0923. The number of anilines is 1. The molecule has 0 aromatic carbocycles. The summed E-state index contributed by atoms with van der Waals surface area (Å²) in [7, 11) is 1.78. The molecular weight excluding hydrogens is 258 g/mol. The molecule has 0 aliphatic rings. The van der Waals surface area contributed by atoms with Gasteiger partial charge in [-0.2, -0.15) is 0 Å². The van der Waals surface area contributed by atoms with Gasteiger partial charge in [0.25, 0.3) is 5.91 Å². The van der Waals surface area contributed by atoms with Crippen molar-refractivity contribution in [2.24, 2.45) is 0 Å². The summed E-state index contributed by atoms with van der Waals surface area (Å²) in [5.74, 6) is -0.0923. The van der Waals surface area contributed by atoms with Crippen LogP contribution in [-0.2, 0) is 0 Å². The van der Waals surface area contributed by atoms with Crippen LogP contribution in [0, 0.1) is 6.92 Å². The summed E-state index contributed by atoms with van der Waals surface area (Å²) in [6.45, 7) is 4.05. The molecular formula is C14H17N3OS. The number of hydrogen-bond acceptors (Lipinski definition) is 4. The van der Waals surface area contributed by atoms with E-state index in [1.807, 2.05) is 6.92 Å². The second kappa shape index (κ2) is 5.84. The largest absolute Gasteiger partial charge is 0.386 e. The van der Waals surface area contributed by atoms with E-state index in [2.05, 4.69) is 34.7 Å². The summed E-state index contributed by atoms with van der Waals surface area (Å²) in [6, 6.07) is 5.84. The number of aryl methyl sites for hydroxylation is 1. The Bertz CT molecular complexity index is 580. The molecule has 1 unspecified atom stereocenters. The number of amides is 1. The van der Waals surface area contributed by atoms with E-state index < -0.39 is 0 Å². The molecule has 2 N–H and O–H groups in total. The van der Waals surface area contributed by atoms with Crippen LogP contribution >= 0.6 is 11.3 Å². The van der Waals surface area contributed by atoms with Gasteiger partial charge in [-0.3, -0.25) is 9.78 Å². The Morgan fingerprint density at radius 3 is 2.79 bits per heavy atom. The summed E-state index contributed by atoms with van der Waals surface area (Å²) in [5, 5.41) is 5.98. The molecule has 0 aliphatic heterocycles. The van der Waals surface area contributed by atoms with Crippen LogP contribution in [0.25, 0.3) is 0 Å². The predicted molar refractivity (Wildman–Crippen MR) is 78.7 cm³/mol. The lowest BCUT2D eigenvalue weighted by Gasteiger charge is -2.14. The van der Waals surface area contributed by atoms with Gasteiger partial charge in [0, 0.05) is 23.0 Å². The fraction of sp³-hybridized carbons (Fsp3) is 0.286. The monoisotopic (exact) mass is 275 g/mol. The zero-order valence-corrected chi connectivity index (χ0v) is 12.0. The third-order valence-corrected chi connectivity index (χ3v) is 4.05. The number of nitrogens with one attached hydrogen (secondary N) is 2. The maximum absolute atomic E-state index is 12.2. The van der Waals surface area contributed by atoms with Crippen LogP contribution in [0.3, 0.4) is 0 Å². The minimum absolute atomic E-state index is 0.00377. The van der Waals surface area contributed by atoms with Gasteiger partial charge in [0.2, 0.25) is 0 Å². The Balaban J connectivity index is 2.12. The summed E-state index contributed by atoms with van der Waals surface area (Å²) in [4.78, 5) is 18.6. The molecule has 0 fully saturated rings. The van der Waals surface area contributed by atoms with Gasteiger partial charge >= 0.3 is 0 Å². The van der Waals surface area contributed by atoms with Gasteiger partial charge in [-0.25, -0.2) is 0 Å². The highest BCUT2D eigenvalue weighted by Crippen LogP contribution is 2.23. The molecule has 2 aromatic rings. The first kappa shape index (κ1) is 13.5. The molecule has 19 heavy (non-hydrogen) atoms. The molecule has 4 nitrogen and oxygen atoms in total. The third-order valence-electron chi connectivity index (χ3n) is 2.87. The van der Waals surface area contributed by atoms with Gasteiger partial charge in [-0.05, 0) is 32.0 Å². The molecule has 0 radical (unpaired) electrons. The molecule has 2 rings (SSSR count). The second-order valence-electron chi connectivity index (χ2n) is 4.31. The standard InChI is InChI=1S/C14H17N3OS/c1-9-4-5-13(19-9)10(2)17-14(18)11-6-7-16-8-12(11)15-3/h4-8,10,15H,1-3H3,(H,17,18). The molecule has 2 heterocycles. The maximum atomic E-state index is 12.2. The van der Waals surface area contributed by atoms with E-state index >= 15 is 0 Å². The fourth-order valence-electron chi connectivity index (χ4n) is 1.82. The molecule has 0 spiro atoms. The number of carbonyl (C=O) groups is 1. The fourth-order valence-corrected chi connectivity index (χ4v) is 2.70. The van der Waals surface area contributed by atoms with Gasteiger partial charge in [0.05, 0.1) is 23.5 Å². The van der Waals surface area contributed by atoms with Crippen molar-refractivity contribution < 1.29 is 4.79 Å². The first-order valence-corrected chi connectivity index (χ1v) is 6.92. The van der Waals surface area contributed by atoms with Crippen molar-refractivity contribution in [3.05, 3.63) is 45.9 Å². The van der Waals surface area contributed by atoms with Crippen molar-refractivity contribution in [3.8, 4) is 0 Å². The zero-order valence-electron chi connectivity index (χ0n) is 11.2. The molecule has 5 heteroatoms. The van der Waals surface area contributed by atoms with Crippen molar-refractivity contribution >= 4 is 22.9 Å². The minimum Gasteiger partial charge on any atom is -0.386 e. The van der Waals surface area contributed by atoms with Crippen molar-refractivity contribution in [2.45, 2.75) is 19.9 Å². The van der Waals surface area contributed by atoms with E-state index in [9.17, 15) is 4.79 Å². The predicted octanol–water partition coefficient (Wildman–Crippen LogP) is 2.98. The van der Waals surface area contributed by atoms with E-state index in [4.69, 9.17) is 0 Å². The average Bonchev–Trinajstić information content (AvgIpc) is 2.85. The normalized spacial score (nSPS) is 11.9. The number of thiophene rings is 1. The van der Waals surface area contributed by atoms with Crippen LogP contribution in [0.5, 0.6) is 0 Å². The molecule has 1 amide bonds. The van der Waals surface area contributed by atoms with Crippen LogP contribution in [0.1, 0.15) is 33.1 Å². The molecule has 1 atom stereocenters. The first-order chi connectivity index (χ1) is 9.11. The quantitative estimate of drug-likeness (QED) is 0.902. The highest BCUT2D eigenvalue weighted by Gasteiger charge is 2.15. The molecule has 100 valence electrons. The van der Waals surface area contributed by atoms with E-state index in [1.54, 1.807) is 36.8 Å². The van der Waals surface area contributed by atoms with Gasteiger partial charge in [0.1, 0.15) is 0 Å². The summed E-state index contributed by atoms with van der Waals surface area (Å²) in [6.07, 6.45) is 3.27. The Kier molecular flexibility index (Phi) is 4.16. The SMILES string of the molecule is CNc1cnccc1C(=O)NC(C)c1ccc(C)s1. The average molecular weight is 275 g/mol. The number of nitrogens with zero attached hydrogens (tertiary/aromatic N) is 1. The number of aromatic nitrogens is 1. The van der Waals surface area contributed by atoms with Crippen LogP contribution < -0.4 is 10.6 Å². The molecule has 0 bridgehead atoms. The number of carbonyl (C=O) groups excluding carboxylic acids is 1. The lowest BCUT2D eigenvalue weighted by molar-refractivity contribution is 0.0941. The molecule has 0 saturated carbocycles. The lowest BCUT2D eigenvalue weighted by atomic mass is 10.2. The third kappa shape index (κ3) is 3.12. The van der Waals surface area contributed by atoms with Crippen LogP contribution in [0.4, 0.5) is 5.69 Å². The smallest absolute Gasteiger partial charge is 0.253 e. The van der Waals surface area contributed by atoms with E-state index in [0.717, 1.165) is 10.6 Å². The van der Waals surface area contributed by atoms with E-state index in [0.29, 0.717) is 5.56 Å².